The van der Waals surface area contributed by atoms with Crippen molar-refractivity contribution in [3.8, 4) is 0 Å². The van der Waals surface area contributed by atoms with Crippen LogP contribution in [0.2, 0.25) is 0 Å². The molecule has 454 valence electrons. The topological polar surface area (TPSA) is 78.9 Å². The average Bonchev–Trinajstić information content (AvgIpc) is 3.46. The van der Waals surface area contributed by atoms with Crippen LogP contribution < -0.4 is 0 Å². The third-order valence-electron chi connectivity index (χ3n) is 13.9. The van der Waals surface area contributed by atoms with Gasteiger partial charge in [-0.25, -0.2) is 0 Å². The van der Waals surface area contributed by atoms with Crippen molar-refractivity contribution in [1.29, 1.82) is 0 Å². The normalized spacial score (nSPS) is 13.0. The largest absolute Gasteiger partial charge is 0.462 e. The van der Waals surface area contributed by atoms with Gasteiger partial charge in [-0.05, 0) is 135 Å². The highest BCUT2D eigenvalue weighted by Crippen LogP contribution is 2.16. The van der Waals surface area contributed by atoms with Crippen molar-refractivity contribution >= 4 is 17.9 Å². The van der Waals surface area contributed by atoms with Crippen molar-refractivity contribution in [3.05, 3.63) is 134 Å². The zero-order valence-corrected chi connectivity index (χ0v) is 52.0. The number of hydrogen-bond acceptors (Lipinski definition) is 6. The van der Waals surface area contributed by atoms with Crippen LogP contribution >= 0.6 is 0 Å². The average molecular weight is 1110 g/mol. The minimum atomic E-state index is -0.794. The minimum Gasteiger partial charge on any atom is -0.462 e. The second-order valence-corrected chi connectivity index (χ2v) is 21.6. The van der Waals surface area contributed by atoms with Crippen molar-refractivity contribution in [3.63, 3.8) is 0 Å². The first-order valence-electron chi connectivity index (χ1n) is 33.2. The molecule has 6 nitrogen and oxygen atoms in total. The second kappa shape index (κ2) is 67.1. The lowest BCUT2D eigenvalue weighted by Crippen LogP contribution is -2.30. The fraction of sp³-hybridized carbons (Fsp3) is 0.662. The molecule has 80 heavy (non-hydrogen) atoms. The van der Waals surface area contributed by atoms with Crippen LogP contribution in [0, 0.1) is 0 Å². The van der Waals surface area contributed by atoms with Gasteiger partial charge in [-0.3, -0.25) is 14.4 Å². The van der Waals surface area contributed by atoms with Gasteiger partial charge in [0.1, 0.15) is 13.2 Å². The molecule has 1 atom stereocenters. The lowest BCUT2D eigenvalue weighted by atomic mass is 10.0. The van der Waals surface area contributed by atoms with E-state index < -0.39 is 6.10 Å². The smallest absolute Gasteiger partial charge is 0.306 e. The van der Waals surface area contributed by atoms with Gasteiger partial charge in [-0.15, -0.1) is 0 Å². The number of ether oxygens (including phenoxy) is 3. The number of hydrogen-bond donors (Lipinski definition) is 0. The summed E-state index contributed by atoms with van der Waals surface area (Å²) < 4.78 is 16.9. The van der Waals surface area contributed by atoms with Crippen LogP contribution in [0.4, 0.5) is 0 Å². The Morgan fingerprint density at radius 2 is 0.487 bits per heavy atom. The van der Waals surface area contributed by atoms with E-state index in [1.165, 1.54) is 116 Å². The quantitative estimate of drug-likeness (QED) is 0.0261. The first-order chi connectivity index (χ1) is 39.5. The molecule has 0 radical (unpaired) electrons. The summed E-state index contributed by atoms with van der Waals surface area (Å²) in [7, 11) is 0. The van der Waals surface area contributed by atoms with E-state index in [0.717, 1.165) is 141 Å². The Labute approximate surface area is 494 Å². The standard InChI is InChI=1S/C74H122O6/c1-4-7-10-13-16-19-22-25-27-29-31-33-35-37-39-41-43-45-47-49-52-55-58-61-64-67-73(76)79-70-71(69-78-72(75)66-63-60-57-54-51-24-21-18-15-12-9-6-3)80-74(77)68-65-62-59-56-53-50-48-46-44-42-40-38-36-34-32-30-28-26-23-20-17-14-11-8-5-2/h7-8,10-11,16-21,25-28,31-34,37,39,43,45,71H,4-6,9,12-15,22-24,29-30,35-36,38,40-42,44,46-70H2,1-3H3/b10-7-,11-8-,19-16-,20-17-,21-18-,27-25-,28-26-,33-31-,34-32-,39-37-,45-43-. The lowest BCUT2D eigenvalue weighted by Gasteiger charge is -2.18. The highest BCUT2D eigenvalue weighted by atomic mass is 16.6. The number of allylic oxidation sites excluding steroid dienone is 22. The predicted octanol–water partition coefficient (Wildman–Crippen LogP) is 22.9. The SMILES string of the molecule is CC/C=C\C/C=C\C/C=C\C/C=C\C/C=C\C/C=C\CCCCCCCCC(=O)OCC(COC(=O)CCCCCCC/C=C\CCCCC)OC(=O)CCCCCCCCCCCCCC/C=C\C/C=C\C/C=C\C/C=C\CC. The maximum Gasteiger partial charge on any atom is 0.306 e. The summed E-state index contributed by atoms with van der Waals surface area (Å²) in [5.74, 6) is -0.911. The molecule has 0 amide bonds. The molecule has 0 saturated heterocycles. The summed E-state index contributed by atoms with van der Waals surface area (Å²) in [6, 6.07) is 0. The van der Waals surface area contributed by atoms with Crippen molar-refractivity contribution in [2.45, 2.75) is 303 Å². The Hall–Kier alpha value is -4.45. The highest BCUT2D eigenvalue weighted by molar-refractivity contribution is 5.71. The predicted molar refractivity (Wildman–Crippen MR) is 348 cm³/mol. The van der Waals surface area contributed by atoms with Gasteiger partial charge in [0.2, 0.25) is 0 Å². The summed E-state index contributed by atoms with van der Waals surface area (Å²) >= 11 is 0. The van der Waals surface area contributed by atoms with Gasteiger partial charge in [0, 0.05) is 19.3 Å². The maximum atomic E-state index is 12.9. The molecule has 0 rings (SSSR count). The first-order valence-corrected chi connectivity index (χ1v) is 33.2. The number of rotatable bonds is 59. The van der Waals surface area contributed by atoms with E-state index in [4.69, 9.17) is 14.2 Å². The van der Waals surface area contributed by atoms with Crippen molar-refractivity contribution in [2.75, 3.05) is 13.2 Å². The molecular formula is C74H122O6. The molecule has 0 N–H and O–H groups in total. The van der Waals surface area contributed by atoms with Crippen LogP contribution in [0.5, 0.6) is 0 Å². The third kappa shape index (κ3) is 64.4. The molecule has 0 bridgehead atoms. The van der Waals surface area contributed by atoms with Crippen LogP contribution in [0.25, 0.3) is 0 Å². The maximum absolute atomic E-state index is 12.9. The Morgan fingerprint density at radius 1 is 0.263 bits per heavy atom. The molecule has 0 saturated carbocycles. The molecule has 0 heterocycles. The first kappa shape index (κ1) is 75.5. The second-order valence-electron chi connectivity index (χ2n) is 21.6. The zero-order chi connectivity index (χ0) is 57.8. The van der Waals surface area contributed by atoms with Crippen LogP contribution in [-0.4, -0.2) is 37.2 Å². The summed E-state index contributed by atoms with van der Waals surface area (Å²) in [5.41, 5.74) is 0. The fourth-order valence-electron chi connectivity index (χ4n) is 8.96. The number of esters is 3. The van der Waals surface area contributed by atoms with E-state index in [1.54, 1.807) is 0 Å². The summed E-state index contributed by atoms with van der Waals surface area (Å²) in [6.07, 6.45) is 94.6. The molecule has 6 heteroatoms. The van der Waals surface area contributed by atoms with Gasteiger partial charge in [0.25, 0.3) is 0 Å². The third-order valence-corrected chi connectivity index (χ3v) is 13.9. The van der Waals surface area contributed by atoms with E-state index >= 15 is 0 Å². The van der Waals surface area contributed by atoms with Crippen LogP contribution in [0.15, 0.2) is 134 Å². The molecule has 0 aliphatic carbocycles. The summed E-state index contributed by atoms with van der Waals surface area (Å²) in [6.45, 7) is 6.38. The van der Waals surface area contributed by atoms with Gasteiger partial charge in [-0.2, -0.15) is 0 Å². The molecule has 0 aromatic heterocycles. The number of unbranched alkanes of at least 4 members (excludes halogenated alkanes) is 26. The molecule has 0 aromatic carbocycles. The fourth-order valence-corrected chi connectivity index (χ4v) is 8.96. The van der Waals surface area contributed by atoms with Gasteiger partial charge in [0.15, 0.2) is 6.10 Å². The van der Waals surface area contributed by atoms with E-state index in [0.29, 0.717) is 19.3 Å². The van der Waals surface area contributed by atoms with Crippen molar-refractivity contribution in [1.82, 2.24) is 0 Å². The van der Waals surface area contributed by atoms with Crippen molar-refractivity contribution < 1.29 is 28.6 Å². The molecule has 0 fully saturated rings. The zero-order valence-electron chi connectivity index (χ0n) is 52.0. The lowest BCUT2D eigenvalue weighted by molar-refractivity contribution is -0.167. The Kier molecular flexibility index (Phi) is 63.3. The van der Waals surface area contributed by atoms with Crippen LogP contribution in [-0.2, 0) is 28.6 Å². The van der Waals surface area contributed by atoms with Gasteiger partial charge >= 0.3 is 17.9 Å². The molecule has 0 aromatic rings. The molecule has 0 aliphatic rings. The van der Waals surface area contributed by atoms with Gasteiger partial charge in [0.05, 0.1) is 0 Å². The molecule has 0 spiro atoms. The number of carbonyl (C=O) groups excluding carboxylic acids is 3. The van der Waals surface area contributed by atoms with Gasteiger partial charge in [-0.1, -0.05) is 276 Å². The molecule has 1 unspecified atom stereocenters. The van der Waals surface area contributed by atoms with Gasteiger partial charge < -0.3 is 14.2 Å². The van der Waals surface area contributed by atoms with Crippen LogP contribution in [0.3, 0.4) is 0 Å². The van der Waals surface area contributed by atoms with Crippen molar-refractivity contribution in [2.24, 2.45) is 0 Å². The van der Waals surface area contributed by atoms with Crippen LogP contribution in [0.1, 0.15) is 297 Å². The van der Waals surface area contributed by atoms with E-state index in [9.17, 15) is 14.4 Å². The Balaban J connectivity index is 4.35. The molecule has 0 aliphatic heterocycles. The Bertz CT molecular complexity index is 1700. The van der Waals surface area contributed by atoms with E-state index in [2.05, 4.69) is 154 Å². The van der Waals surface area contributed by atoms with E-state index in [-0.39, 0.29) is 31.1 Å². The molecular weight excluding hydrogens is 985 g/mol. The summed E-state index contributed by atoms with van der Waals surface area (Å²) in [4.78, 5) is 38.4. The van der Waals surface area contributed by atoms with E-state index in [1.807, 2.05) is 0 Å². The highest BCUT2D eigenvalue weighted by Gasteiger charge is 2.19. The Morgan fingerprint density at radius 3 is 0.775 bits per heavy atom. The monoisotopic (exact) mass is 1110 g/mol. The summed E-state index contributed by atoms with van der Waals surface area (Å²) in [5, 5.41) is 0. The minimum absolute atomic E-state index is 0.0902. The number of carbonyl (C=O) groups is 3.